The lowest BCUT2D eigenvalue weighted by atomic mass is 9.88. The number of fused-ring (bicyclic) bond motifs is 1. The minimum Gasteiger partial charge on any atom is -0.310 e. The molecule has 1 aliphatic rings. The summed E-state index contributed by atoms with van der Waals surface area (Å²) in [4.78, 5) is 0. The van der Waals surface area contributed by atoms with E-state index in [0.29, 0.717) is 6.42 Å². The molecule has 1 heterocycles. The van der Waals surface area contributed by atoms with Crippen molar-refractivity contribution in [1.82, 2.24) is 0 Å². The molecule has 1 aliphatic heterocycles. The number of rotatable bonds is 3. The molecule has 0 bridgehead atoms. The zero-order valence-electron chi connectivity index (χ0n) is 15.4. The molecule has 0 fully saturated rings. The Kier molecular flexibility index (Phi) is 4.14. The molecule has 3 aromatic rings. The van der Waals surface area contributed by atoms with Crippen LogP contribution in [0.2, 0.25) is 0 Å². The second-order valence-corrected chi connectivity index (χ2v) is 9.51. The molecule has 0 spiro atoms. The third kappa shape index (κ3) is 2.65. The van der Waals surface area contributed by atoms with Gasteiger partial charge in [-0.15, -0.1) is 0 Å². The van der Waals surface area contributed by atoms with Gasteiger partial charge >= 0.3 is 0 Å². The van der Waals surface area contributed by atoms with Gasteiger partial charge in [-0.25, -0.2) is 0 Å². The van der Waals surface area contributed by atoms with Gasteiger partial charge in [-0.05, 0) is 49.1 Å². The van der Waals surface area contributed by atoms with Crippen LogP contribution in [0, 0.1) is 13.8 Å². The molecule has 3 aromatic carbocycles. The Labute approximate surface area is 155 Å². The summed E-state index contributed by atoms with van der Waals surface area (Å²) < 4.78 is 20.8. The Morgan fingerprint density at radius 1 is 0.846 bits per heavy atom. The van der Waals surface area contributed by atoms with E-state index in [9.17, 15) is 4.57 Å². The molecule has 0 aromatic heterocycles. The van der Waals surface area contributed by atoms with Gasteiger partial charge in [0.2, 0.25) is 0 Å². The van der Waals surface area contributed by atoms with E-state index in [0.717, 1.165) is 27.3 Å². The maximum Gasteiger partial charge on any atom is 0.263 e. The molecular weight excluding hydrogens is 339 g/mol. The SMILES string of the molecule is Cc1ccccc1P1(=O)OC(C)(Cc2ccccc2)c2cccc(C)c21. The summed E-state index contributed by atoms with van der Waals surface area (Å²) in [6, 6.07) is 24.3. The predicted molar refractivity (Wildman–Crippen MR) is 108 cm³/mol. The summed E-state index contributed by atoms with van der Waals surface area (Å²) in [7, 11) is -3.15. The van der Waals surface area contributed by atoms with Crippen LogP contribution in [0.4, 0.5) is 0 Å². The molecule has 0 radical (unpaired) electrons. The van der Waals surface area contributed by atoms with Crippen LogP contribution < -0.4 is 10.6 Å². The molecule has 3 heteroatoms. The van der Waals surface area contributed by atoms with E-state index in [1.165, 1.54) is 5.56 Å². The maximum absolute atomic E-state index is 14.3. The predicted octanol–water partition coefficient (Wildman–Crippen LogP) is 5.02. The maximum atomic E-state index is 14.3. The van der Waals surface area contributed by atoms with Crippen LogP contribution in [0.15, 0.2) is 72.8 Å². The monoisotopic (exact) mass is 362 g/mol. The lowest BCUT2D eigenvalue weighted by molar-refractivity contribution is 0.108. The van der Waals surface area contributed by atoms with Gasteiger partial charge in [-0.1, -0.05) is 66.7 Å². The van der Waals surface area contributed by atoms with Crippen LogP contribution in [-0.4, -0.2) is 0 Å². The average Bonchev–Trinajstić information content (AvgIpc) is 2.85. The molecule has 0 amide bonds. The van der Waals surface area contributed by atoms with Gasteiger partial charge in [-0.3, -0.25) is 4.57 Å². The molecule has 2 atom stereocenters. The van der Waals surface area contributed by atoms with E-state index < -0.39 is 13.0 Å². The Bertz CT molecular complexity index is 1010. The molecule has 0 saturated heterocycles. The van der Waals surface area contributed by atoms with E-state index in [1.54, 1.807) is 0 Å². The highest BCUT2D eigenvalue weighted by molar-refractivity contribution is 7.75. The Balaban J connectivity index is 1.91. The Morgan fingerprint density at radius 3 is 2.23 bits per heavy atom. The van der Waals surface area contributed by atoms with Crippen molar-refractivity contribution < 1.29 is 9.09 Å². The lowest BCUT2D eigenvalue weighted by Crippen LogP contribution is -2.25. The van der Waals surface area contributed by atoms with E-state index in [1.807, 2.05) is 68.4 Å². The van der Waals surface area contributed by atoms with Gasteiger partial charge in [0.05, 0.1) is 5.30 Å². The number of benzene rings is 3. The fourth-order valence-electron chi connectivity index (χ4n) is 4.03. The highest BCUT2D eigenvalue weighted by atomic mass is 31.2. The number of hydrogen-bond acceptors (Lipinski definition) is 2. The summed E-state index contributed by atoms with van der Waals surface area (Å²) >= 11 is 0. The van der Waals surface area contributed by atoms with Crippen LogP contribution in [0.1, 0.15) is 29.2 Å². The van der Waals surface area contributed by atoms with Crippen LogP contribution in [0.5, 0.6) is 0 Å². The first kappa shape index (κ1) is 17.3. The topological polar surface area (TPSA) is 26.3 Å². The summed E-state index contributed by atoms with van der Waals surface area (Å²) in [5, 5.41) is 1.69. The standard InChI is InChI=1S/C23H23O2P/c1-17-10-7-8-15-21(17)26(24)22-18(2)11-9-14-20(22)23(3,25-26)16-19-12-5-4-6-13-19/h4-15H,16H2,1-3H3. The third-order valence-electron chi connectivity index (χ3n) is 5.25. The summed E-state index contributed by atoms with van der Waals surface area (Å²) in [6.45, 7) is 6.10. The van der Waals surface area contributed by atoms with Gasteiger partial charge in [0.15, 0.2) is 0 Å². The normalized spacial score (nSPS) is 24.4. The highest BCUT2D eigenvalue weighted by Crippen LogP contribution is 2.59. The van der Waals surface area contributed by atoms with Crippen LogP contribution >= 0.6 is 7.37 Å². The Hall–Kier alpha value is -2.15. The minimum atomic E-state index is -3.15. The van der Waals surface area contributed by atoms with Crippen LogP contribution in [0.25, 0.3) is 0 Å². The van der Waals surface area contributed by atoms with Gasteiger partial charge in [-0.2, -0.15) is 0 Å². The smallest absolute Gasteiger partial charge is 0.263 e. The fraction of sp³-hybridized carbons (Fsp3) is 0.217. The molecule has 0 saturated carbocycles. The quantitative estimate of drug-likeness (QED) is 0.612. The zero-order valence-corrected chi connectivity index (χ0v) is 16.3. The first-order valence-corrected chi connectivity index (χ1v) is 10.6. The molecule has 132 valence electrons. The molecular formula is C23H23O2P. The van der Waals surface area contributed by atoms with E-state index in [-0.39, 0.29) is 0 Å². The van der Waals surface area contributed by atoms with Crippen molar-refractivity contribution in [1.29, 1.82) is 0 Å². The molecule has 26 heavy (non-hydrogen) atoms. The van der Waals surface area contributed by atoms with Gasteiger partial charge in [0.25, 0.3) is 7.37 Å². The highest BCUT2D eigenvalue weighted by Gasteiger charge is 2.50. The van der Waals surface area contributed by atoms with Crippen molar-refractivity contribution in [3.63, 3.8) is 0 Å². The first-order valence-electron chi connectivity index (χ1n) is 8.96. The fourth-order valence-corrected chi connectivity index (χ4v) is 7.18. The Morgan fingerprint density at radius 2 is 1.50 bits per heavy atom. The third-order valence-corrected chi connectivity index (χ3v) is 8.23. The van der Waals surface area contributed by atoms with Gasteiger partial charge < -0.3 is 4.52 Å². The zero-order chi connectivity index (χ0) is 18.4. The van der Waals surface area contributed by atoms with Crippen molar-refractivity contribution in [2.24, 2.45) is 0 Å². The summed E-state index contributed by atoms with van der Waals surface area (Å²) in [5.74, 6) is 0. The molecule has 4 rings (SSSR count). The van der Waals surface area contributed by atoms with Crippen molar-refractivity contribution in [2.45, 2.75) is 32.8 Å². The molecule has 2 unspecified atom stereocenters. The van der Waals surface area contributed by atoms with Gasteiger partial charge in [0.1, 0.15) is 5.60 Å². The number of aryl methyl sites for hydroxylation is 2. The second-order valence-electron chi connectivity index (χ2n) is 7.29. The van der Waals surface area contributed by atoms with E-state index in [2.05, 4.69) is 25.1 Å². The van der Waals surface area contributed by atoms with Crippen molar-refractivity contribution in [3.8, 4) is 0 Å². The van der Waals surface area contributed by atoms with Crippen LogP contribution in [0.3, 0.4) is 0 Å². The average molecular weight is 362 g/mol. The van der Waals surface area contributed by atoms with Crippen molar-refractivity contribution in [3.05, 3.63) is 95.1 Å². The lowest BCUT2D eigenvalue weighted by Gasteiger charge is -2.26. The van der Waals surface area contributed by atoms with Gasteiger partial charge in [0, 0.05) is 11.7 Å². The first-order chi connectivity index (χ1) is 12.4. The molecule has 0 aliphatic carbocycles. The van der Waals surface area contributed by atoms with E-state index >= 15 is 0 Å². The summed E-state index contributed by atoms with van der Waals surface area (Å²) in [6.07, 6.45) is 0.695. The second kappa shape index (κ2) is 6.23. The van der Waals surface area contributed by atoms with Crippen molar-refractivity contribution >= 4 is 18.0 Å². The molecule has 2 nitrogen and oxygen atoms in total. The van der Waals surface area contributed by atoms with Crippen molar-refractivity contribution in [2.75, 3.05) is 0 Å². The van der Waals surface area contributed by atoms with E-state index in [4.69, 9.17) is 4.52 Å². The summed E-state index contributed by atoms with van der Waals surface area (Å²) in [5.41, 5.74) is 3.66. The number of hydrogen-bond donors (Lipinski definition) is 0. The van der Waals surface area contributed by atoms with Crippen LogP contribution in [-0.2, 0) is 21.1 Å². The molecule has 0 N–H and O–H groups in total. The minimum absolute atomic E-state index is 0.611. The largest absolute Gasteiger partial charge is 0.310 e.